The molecule has 0 spiro atoms. The van der Waals surface area contributed by atoms with Crippen molar-refractivity contribution in [3.05, 3.63) is 33.9 Å². The van der Waals surface area contributed by atoms with Crippen molar-refractivity contribution in [2.75, 3.05) is 5.73 Å². The zero-order valence-corrected chi connectivity index (χ0v) is 11.5. The van der Waals surface area contributed by atoms with Gasteiger partial charge in [-0.15, -0.1) is 0 Å². The van der Waals surface area contributed by atoms with Crippen molar-refractivity contribution in [1.29, 1.82) is 0 Å². The second-order valence-corrected chi connectivity index (χ2v) is 4.98. The maximum absolute atomic E-state index is 12.1. The van der Waals surface area contributed by atoms with Gasteiger partial charge in [-0.2, -0.15) is 0 Å². The van der Waals surface area contributed by atoms with E-state index in [-0.39, 0.29) is 23.2 Å². The Morgan fingerprint density at radius 1 is 1.43 bits per heavy atom. The number of carbonyl (C=O) groups is 2. The molecule has 0 bridgehead atoms. The molecular formula is C13H16N4O4. The topological polar surface area (TPSA) is 127 Å². The van der Waals surface area contributed by atoms with Gasteiger partial charge in [0.2, 0.25) is 5.91 Å². The number of para-hydroxylation sites is 1. The van der Waals surface area contributed by atoms with E-state index in [4.69, 9.17) is 5.73 Å². The Morgan fingerprint density at radius 3 is 2.67 bits per heavy atom. The van der Waals surface area contributed by atoms with E-state index in [2.05, 4.69) is 10.6 Å². The lowest BCUT2D eigenvalue weighted by Crippen LogP contribution is -2.45. The molecule has 0 saturated heterocycles. The minimum atomic E-state index is -0.779. The first kappa shape index (κ1) is 14.8. The standard InChI is InChI=1S/C13H16N4O4/c1-7(12(18)16-8-5-6-8)15-13(19)9-3-2-4-10(14)11(9)17(20)21/h2-4,7-8H,5-6,14H2,1H3,(H,15,19)(H,16,18). The molecule has 21 heavy (non-hydrogen) atoms. The minimum absolute atomic E-state index is 0.0947. The number of benzene rings is 1. The summed E-state index contributed by atoms with van der Waals surface area (Å²) in [5.41, 5.74) is 4.81. The van der Waals surface area contributed by atoms with Crippen LogP contribution in [0.1, 0.15) is 30.1 Å². The van der Waals surface area contributed by atoms with E-state index in [0.29, 0.717) is 0 Å². The van der Waals surface area contributed by atoms with Gasteiger partial charge in [-0.05, 0) is 31.9 Å². The molecule has 1 unspecified atom stereocenters. The minimum Gasteiger partial charge on any atom is -0.393 e. The number of hydrogen-bond acceptors (Lipinski definition) is 5. The highest BCUT2D eigenvalue weighted by molar-refractivity contribution is 6.02. The lowest BCUT2D eigenvalue weighted by atomic mass is 10.1. The second kappa shape index (κ2) is 5.78. The SMILES string of the molecule is CC(NC(=O)c1cccc(N)c1[N+](=O)[O-])C(=O)NC1CC1. The van der Waals surface area contributed by atoms with Crippen LogP contribution in [0.3, 0.4) is 0 Å². The summed E-state index contributed by atoms with van der Waals surface area (Å²) in [5.74, 6) is -1.01. The van der Waals surface area contributed by atoms with Crippen molar-refractivity contribution < 1.29 is 14.5 Å². The van der Waals surface area contributed by atoms with E-state index in [0.717, 1.165) is 12.8 Å². The Bertz CT molecular complexity index is 598. The second-order valence-electron chi connectivity index (χ2n) is 4.98. The van der Waals surface area contributed by atoms with Crippen LogP contribution >= 0.6 is 0 Å². The van der Waals surface area contributed by atoms with Crippen molar-refractivity contribution in [2.45, 2.75) is 31.8 Å². The fourth-order valence-corrected chi connectivity index (χ4v) is 1.84. The Hall–Kier alpha value is -2.64. The first-order valence-electron chi connectivity index (χ1n) is 6.54. The summed E-state index contributed by atoms with van der Waals surface area (Å²) in [6.07, 6.45) is 1.88. The van der Waals surface area contributed by atoms with Gasteiger partial charge in [-0.1, -0.05) is 6.07 Å². The smallest absolute Gasteiger partial charge is 0.304 e. The molecule has 8 heteroatoms. The highest BCUT2D eigenvalue weighted by Crippen LogP contribution is 2.25. The van der Waals surface area contributed by atoms with Gasteiger partial charge in [0.25, 0.3) is 5.91 Å². The average molecular weight is 292 g/mol. The number of nitro benzene ring substituents is 1. The molecule has 8 nitrogen and oxygen atoms in total. The molecule has 1 saturated carbocycles. The van der Waals surface area contributed by atoms with Gasteiger partial charge in [0.15, 0.2) is 0 Å². The van der Waals surface area contributed by atoms with Crippen LogP contribution in [0.25, 0.3) is 0 Å². The molecule has 0 heterocycles. The number of nitrogens with zero attached hydrogens (tertiary/aromatic N) is 1. The number of carbonyl (C=O) groups excluding carboxylic acids is 2. The van der Waals surface area contributed by atoms with Crippen molar-refractivity contribution in [1.82, 2.24) is 10.6 Å². The predicted octanol–water partition coefficient (Wildman–Crippen LogP) is 0.574. The maximum Gasteiger partial charge on any atom is 0.304 e. The normalized spacial score (nSPS) is 15.1. The van der Waals surface area contributed by atoms with E-state index in [1.165, 1.54) is 25.1 Å². The zero-order valence-electron chi connectivity index (χ0n) is 11.5. The van der Waals surface area contributed by atoms with Gasteiger partial charge in [0, 0.05) is 6.04 Å². The number of anilines is 1. The van der Waals surface area contributed by atoms with Crippen molar-refractivity contribution >= 4 is 23.2 Å². The quantitative estimate of drug-likeness (QED) is 0.415. The molecule has 2 rings (SSSR count). The van der Waals surface area contributed by atoms with Crippen molar-refractivity contribution in [3.8, 4) is 0 Å². The van der Waals surface area contributed by atoms with E-state index in [9.17, 15) is 19.7 Å². The molecule has 1 fully saturated rings. The first-order valence-corrected chi connectivity index (χ1v) is 6.54. The number of hydrogen-bond donors (Lipinski definition) is 3. The summed E-state index contributed by atoms with van der Waals surface area (Å²) >= 11 is 0. The highest BCUT2D eigenvalue weighted by atomic mass is 16.6. The largest absolute Gasteiger partial charge is 0.393 e. The monoisotopic (exact) mass is 292 g/mol. The van der Waals surface area contributed by atoms with Gasteiger partial charge >= 0.3 is 5.69 Å². The Labute approximate surface area is 120 Å². The summed E-state index contributed by atoms with van der Waals surface area (Å²) in [6.45, 7) is 1.52. The Kier molecular flexibility index (Phi) is 4.06. The zero-order chi connectivity index (χ0) is 15.6. The summed E-state index contributed by atoms with van der Waals surface area (Å²) in [4.78, 5) is 34.1. The molecule has 0 aromatic heterocycles. The van der Waals surface area contributed by atoms with Crippen LogP contribution in [-0.2, 0) is 4.79 Å². The fraction of sp³-hybridized carbons (Fsp3) is 0.385. The molecule has 112 valence electrons. The highest BCUT2D eigenvalue weighted by Gasteiger charge is 2.28. The van der Waals surface area contributed by atoms with Gasteiger partial charge in [-0.25, -0.2) is 0 Å². The summed E-state index contributed by atoms with van der Waals surface area (Å²) < 4.78 is 0. The molecule has 1 aliphatic rings. The lowest BCUT2D eigenvalue weighted by Gasteiger charge is -2.14. The molecular weight excluding hydrogens is 276 g/mol. The van der Waals surface area contributed by atoms with Crippen LogP contribution < -0.4 is 16.4 Å². The first-order chi connectivity index (χ1) is 9.90. The summed E-state index contributed by atoms with van der Waals surface area (Å²) in [5, 5.41) is 16.2. The summed E-state index contributed by atoms with van der Waals surface area (Å²) in [7, 11) is 0. The van der Waals surface area contributed by atoms with Gasteiger partial charge in [0.1, 0.15) is 17.3 Å². The predicted molar refractivity (Wildman–Crippen MR) is 75.6 cm³/mol. The number of nitrogens with two attached hydrogens (primary N) is 1. The number of nitro groups is 1. The molecule has 1 aromatic carbocycles. The van der Waals surface area contributed by atoms with Crippen LogP contribution in [0.15, 0.2) is 18.2 Å². The molecule has 1 aliphatic carbocycles. The molecule has 4 N–H and O–H groups in total. The van der Waals surface area contributed by atoms with Crippen LogP contribution in [0.4, 0.5) is 11.4 Å². The average Bonchev–Trinajstić information content (AvgIpc) is 3.21. The van der Waals surface area contributed by atoms with Crippen LogP contribution in [0.2, 0.25) is 0 Å². The van der Waals surface area contributed by atoms with Crippen LogP contribution in [0, 0.1) is 10.1 Å². The van der Waals surface area contributed by atoms with Crippen molar-refractivity contribution in [3.63, 3.8) is 0 Å². The molecule has 1 atom stereocenters. The van der Waals surface area contributed by atoms with E-state index in [1.54, 1.807) is 0 Å². The van der Waals surface area contributed by atoms with E-state index < -0.39 is 22.6 Å². The van der Waals surface area contributed by atoms with E-state index >= 15 is 0 Å². The maximum atomic E-state index is 12.1. The number of amides is 2. The van der Waals surface area contributed by atoms with Gasteiger partial charge in [-0.3, -0.25) is 19.7 Å². The molecule has 0 radical (unpaired) electrons. The van der Waals surface area contributed by atoms with Gasteiger partial charge < -0.3 is 16.4 Å². The lowest BCUT2D eigenvalue weighted by molar-refractivity contribution is -0.384. The molecule has 1 aromatic rings. The fourth-order valence-electron chi connectivity index (χ4n) is 1.84. The Morgan fingerprint density at radius 2 is 2.10 bits per heavy atom. The molecule has 0 aliphatic heterocycles. The number of rotatable bonds is 5. The summed E-state index contributed by atoms with van der Waals surface area (Å²) in [6, 6.07) is 3.50. The third-order valence-corrected chi connectivity index (χ3v) is 3.16. The number of nitrogens with one attached hydrogen (secondary N) is 2. The third kappa shape index (κ3) is 3.47. The number of nitrogen functional groups attached to an aromatic ring is 1. The van der Waals surface area contributed by atoms with Crippen LogP contribution in [-0.4, -0.2) is 28.8 Å². The Balaban J connectivity index is 2.11. The van der Waals surface area contributed by atoms with Gasteiger partial charge in [0.05, 0.1) is 4.92 Å². The third-order valence-electron chi connectivity index (χ3n) is 3.16. The molecule has 2 amide bonds. The van der Waals surface area contributed by atoms with E-state index in [1.807, 2.05) is 0 Å². The van der Waals surface area contributed by atoms with Crippen molar-refractivity contribution in [2.24, 2.45) is 0 Å². The van der Waals surface area contributed by atoms with Crippen LogP contribution in [0.5, 0.6) is 0 Å².